The van der Waals surface area contributed by atoms with Gasteiger partial charge >= 0.3 is 18.3 Å². The summed E-state index contributed by atoms with van der Waals surface area (Å²) in [7, 11) is 0. The van der Waals surface area contributed by atoms with Crippen molar-refractivity contribution in [1.82, 2.24) is 20.0 Å². The van der Waals surface area contributed by atoms with E-state index in [0.29, 0.717) is 11.1 Å². The normalized spacial score (nSPS) is 12.7. The zero-order valence-corrected chi connectivity index (χ0v) is 20.4. The van der Waals surface area contributed by atoms with Gasteiger partial charge in [-0.25, -0.2) is 4.79 Å². The summed E-state index contributed by atoms with van der Waals surface area (Å²) >= 11 is 0. The van der Waals surface area contributed by atoms with Crippen molar-refractivity contribution in [2.45, 2.75) is 33.2 Å². The number of hydrogen-bond donors (Lipinski definition) is 1. The third-order valence-corrected chi connectivity index (χ3v) is 5.17. The molecule has 0 bridgehead atoms. The molecule has 0 aliphatic carbocycles. The highest BCUT2D eigenvalue weighted by Gasteiger charge is 2.31. The molecule has 0 fully saturated rings. The smallest absolute Gasteiger partial charge is 0.481 e. The van der Waals surface area contributed by atoms with Gasteiger partial charge in [0.1, 0.15) is 18.4 Å². The molecule has 0 aliphatic rings. The second-order valence-electron chi connectivity index (χ2n) is 8.70. The van der Waals surface area contributed by atoms with Crippen molar-refractivity contribution in [3.63, 3.8) is 0 Å². The number of nitrogens with zero attached hydrogens (tertiary/aromatic N) is 5. The molecule has 1 aromatic carbocycles. The van der Waals surface area contributed by atoms with E-state index < -0.39 is 42.1 Å². The number of rotatable bonds is 8. The van der Waals surface area contributed by atoms with E-state index in [0.717, 1.165) is 23.1 Å². The molecule has 0 spiro atoms. The van der Waals surface area contributed by atoms with E-state index in [9.17, 15) is 28.0 Å². The van der Waals surface area contributed by atoms with Gasteiger partial charge in [0.25, 0.3) is 0 Å². The third-order valence-electron chi connectivity index (χ3n) is 5.17. The van der Waals surface area contributed by atoms with Crippen LogP contribution >= 0.6 is 0 Å². The van der Waals surface area contributed by atoms with Crippen molar-refractivity contribution in [2.75, 3.05) is 6.61 Å². The molecule has 3 aromatic rings. The van der Waals surface area contributed by atoms with E-state index in [-0.39, 0.29) is 17.1 Å². The molecule has 1 unspecified atom stereocenters. The number of benzene rings is 1. The van der Waals surface area contributed by atoms with Crippen LogP contribution in [0.1, 0.15) is 49.5 Å². The molecule has 10 nitrogen and oxygen atoms in total. The van der Waals surface area contributed by atoms with Gasteiger partial charge in [-0.2, -0.15) is 18.4 Å². The summed E-state index contributed by atoms with van der Waals surface area (Å²) in [6, 6.07) is 10.4. The quantitative estimate of drug-likeness (QED) is 0.391. The lowest BCUT2D eigenvalue weighted by Crippen LogP contribution is -2.31. The average molecular weight is 529 g/mol. The van der Waals surface area contributed by atoms with Gasteiger partial charge in [-0.05, 0) is 50.6 Å². The number of carbonyl (C=O) groups excluding carboxylic acids is 1. The molecule has 0 radical (unpaired) electrons. The van der Waals surface area contributed by atoms with E-state index >= 15 is 0 Å². The monoisotopic (exact) mass is 529 g/mol. The van der Waals surface area contributed by atoms with Gasteiger partial charge < -0.3 is 14.6 Å². The van der Waals surface area contributed by atoms with Crippen LogP contribution in [0.4, 0.5) is 18.0 Å². The highest BCUT2D eigenvalue weighted by molar-refractivity contribution is 5.74. The second kappa shape index (κ2) is 11.1. The van der Waals surface area contributed by atoms with Gasteiger partial charge in [-0.1, -0.05) is 24.3 Å². The lowest BCUT2D eigenvalue weighted by atomic mass is 9.95. The van der Waals surface area contributed by atoms with Crippen LogP contribution < -0.4 is 0 Å². The molecule has 2 aromatic heterocycles. The maximum Gasteiger partial charge on any atom is 0.510 e. The zero-order valence-electron chi connectivity index (χ0n) is 20.4. The number of alkyl halides is 3. The number of aromatic nitrogens is 4. The maximum absolute atomic E-state index is 12.9. The summed E-state index contributed by atoms with van der Waals surface area (Å²) in [5, 5.41) is 26.9. The molecule has 13 heteroatoms. The standard InChI is InChI=1S/C25H22F3N5O5/c1-15(38-23(36)37-14-24(2,3)22(34)35)33-31-20(13-29)21(32-33)17-6-4-5-16(11-17)7-8-19-12-18(9-10-30-19)25(26,27)28/h4-12,15H,14H2,1-3H3,(H,34,35). The van der Waals surface area contributed by atoms with E-state index in [1.165, 1.54) is 26.8 Å². The van der Waals surface area contributed by atoms with Crippen molar-refractivity contribution in [3.05, 3.63) is 65.1 Å². The summed E-state index contributed by atoms with van der Waals surface area (Å²) < 4.78 is 48.8. The molecular formula is C25H22F3N5O5. The molecule has 0 aliphatic heterocycles. The Morgan fingerprint density at radius 2 is 1.92 bits per heavy atom. The Morgan fingerprint density at radius 3 is 2.58 bits per heavy atom. The zero-order chi connectivity index (χ0) is 28.1. The molecule has 1 N–H and O–H groups in total. The molecule has 2 heterocycles. The molecule has 38 heavy (non-hydrogen) atoms. The number of ether oxygens (including phenoxy) is 2. The van der Waals surface area contributed by atoms with Crippen LogP contribution in [-0.2, 0) is 20.4 Å². The number of hydrogen-bond acceptors (Lipinski definition) is 8. The van der Waals surface area contributed by atoms with Crippen LogP contribution in [0.25, 0.3) is 23.4 Å². The Hall–Kier alpha value is -4.73. The van der Waals surface area contributed by atoms with Gasteiger partial charge in [0.2, 0.25) is 6.23 Å². The van der Waals surface area contributed by atoms with Crippen LogP contribution in [0, 0.1) is 16.7 Å². The number of carbonyl (C=O) groups is 2. The number of aliphatic carboxylic acids is 1. The fourth-order valence-corrected chi connectivity index (χ4v) is 2.96. The van der Waals surface area contributed by atoms with E-state index in [4.69, 9.17) is 14.6 Å². The van der Waals surface area contributed by atoms with Crippen molar-refractivity contribution < 1.29 is 37.3 Å². The summed E-state index contributed by atoms with van der Waals surface area (Å²) in [5.74, 6) is -1.15. The first kappa shape index (κ1) is 27.9. The van der Waals surface area contributed by atoms with Gasteiger partial charge in [0.15, 0.2) is 5.69 Å². The Labute approximate surface area is 214 Å². The SMILES string of the molecule is CC(OC(=O)OCC(C)(C)C(=O)O)n1nc(C#N)c(-c2cccc(C=Cc3cc(C(F)(F)F)ccn3)c2)n1. The summed E-state index contributed by atoms with van der Waals surface area (Å²) in [6.07, 6.45) is -2.67. The van der Waals surface area contributed by atoms with Gasteiger partial charge in [-0.3, -0.25) is 9.78 Å². The lowest BCUT2D eigenvalue weighted by molar-refractivity contribution is -0.149. The highest BCUT2D eigenvalue weighted by Crippen LogP contribution is 2.29. The maximum atomic E-state index is 12.9. The number of nitriles is 1. The first-order chi connectivity index (χ1) is 17.8. The number of pyridine rings is 1. The van der Waals surface area contributed by atoms with Crippen molar-refractivity contribution >= 4 is 24.3 Å². The van der Waals surface area contributed by atoms with Crippen molar-refractivity contribution in [3.8, 4) is 17.3 Å². The van der Waals surface area contributed by atoms with Gasteiger partial charge in [-0.15, -0.1) is 15.0 Å². The first-order valence-electron chi connectivity index (χ1n) is 11.1. The minimum atomic E-state index is -4.49. The predicted molar refractivity (Wildman–Crippen MR) is 127 cm³/mol. The minimum Gasteiger partial charge on any atom is -0.481 e. The second-order valence-corrected chi connectivity index (χ2v) is 8.70. The molecule has 198 valence electrons. The van der Waals surface area contributed by atoms with Crippen LogP contribution in [0.5, 0.6) is 0 Å². The van der Waals surface area contributed by atoms with Crippen LogP contribution in [0.2, 0.25) is 0 Å². The van der Waals surface area contributed by atoms with Gasteiger partial charge in [0, 0.05) is 11.8 Å². The highest BCUT2D eigenvalue weighted by atomic mass is 19.4. The number of carboxylic acids is 1. The summed E-state index contributed by atoms with van der Waals surface area (Å²) in [6.45, 7) is 3.76. The Kier molecular flexibility index (Phi) is 8.15. The fraction of sp³-hybridized carbons (Fsp3) is 0.280. The molecule has 0 saturated heterocycles. The molecule has 0 amide bonds. The Morgan fingerprint density at radius 1 is 1.18 bits per heavy atom. The topological polar surface area (TPSA) is 140 Å². The predicted octanol–water partition coefficient (Wildman–Crippen LogP) is 5.18. The Bertz CT molecular complexity index is 1410. The summed E-state index contributed by atoms with van der Waals surface area (Å²) in [4.78, 5) is 28.0. The number of halogens is 3. The molecule has 0 saturated carbocycles. The van der Waals surface area contributed by atoms with E-state index in [2.05, 4.69) is 15.2 Å². The molecule has 3 rings (SSSR count). The minimum absolute atomic E-state index is 0.0681. The Balaban J connectivity index is 1.77. The van der Waals surface area contributed by atoms with E-state index in [1.54, 1.807) is 30.3 Å². The van der Waals surface area contributed by atoms with Crippen LogP contribution in [-0.4, -0.2) is 43.8 Å². The molecular weight excluding hydrogens is 507 g/mol. The summed E-state index contributed by atoms with van der Waals surface area (Å²) in [5.41, 5.74) is -0.846. The first-order valence-corrected chi connectivity index (χ1v) is 11.1. The van der Waals surface area contributed by atoms with Crippen LogP contribution in [0.15, 0.2) is 42.6 Å². The van der Waals surface area contributed by atoms with Crippen molar-refractivity contribution in [2.24, 2.45) is 5.41 Å². The largest absolute Gasteiger partial charge is 0.510 e. The third kappa shape index (κ3) is 6.94. The lowest BCUT2D eigenvalue weighted by Gasteiger charge is -2.19. The van der Waals surface area contributed by atoms with E-state index in [1.807, 2.05) is 6.07 Å². The average Bonchev–Trinajstić information content (AvgIpc) is 3.31. The van der Waals surface area contributed by atoms with Crippen molar-refractivity contribution in [1.29, 1.82) is 5.26 Å². The molecule has 1 atom stereocenters. The number of carboxylic acid groups (broad SMARTS) is 1. The van der Waals surface area contributed by atoms with Gasteiger partial charge in [0.05, 0.1) is 16.7 Å². The fourth-order valence-electron chi connectivity index (χ4n) is 2.96. The van der Waals surface area contributed by atoms with Crippen LogP contribution in [0.3, 0.4) is 0 Å².